The quantitative estimate of drug-likeness (QED) is 0.803. The molecule has 0 aliphatic heterocycles. The highest BCUT2D eigenvalue weighted by Gasteiger charge is 2.12. The van der Waals surface area contributed by atoms with E-state index in [9.17, 15) is 5.11 Å². The van der Waals surface area contributed by atoms with Crippen LogP contribution in [0.3, 0.4) is 0 Å². The first kappa shape index (κ1) is 10.8. The topological polar surface area (TPSA) is 46.2 Å². The summed E-state index contributed by atoms with van der Waals surface area (Å²) in [5.74, 6) is 0. The molecule has 0 saturated carbocycles. The third kappa shape index (κ3) is 2.15. The molecule has 3 N–H and O–H groups in total. The highest BCUT2D eigenvalue weighted by molar-refractivity contribution is 6.36. The fourth-order valence-corrected chi connectivity index (χ4v) is 1.56. The Balaban J connectivity index is 3.18. The van der Waals surface area contributed by atoms with Crippen LogP contribution in [0.15, 0.2) is 12.1 Å². The Morgan fingerprint density at radius 1 is 1.46 bits per heavy atom. The Morgan fingerprint density at radius 2 is 2.08 bits per heavy atom. The van der Waals surface area contributed by atoms with Crippen LogP contribution < -0.4 is 5.73 Å². The van der Waals surface area contributed by atoms with Crippen molar-refractivity contribution in [3.8, 4) is 0 Å². The summed E-state index contributed by atoms with van der Waals surface area (Å²) in [5.41, 5.74) is 6.72. The minimum atomic E-state index is -0.719. The summed E-state index contributed by atoms with van der Waals surface area (Å²) in [6.07, 6.45) is -0.719. The van der Waals surface area contributed by atoms with E-state index in [-0.39, 0.29) is 6.54 Å². The lowest BCUT2D eigenvalue weighted by atomic mass is 10.1. The van der Waals surface area contributed by atoms with E-state index in [1.165, 1.54) is 0 Å². The Kier molecular flexibility index (Phi) is 3.56. The highest BCUT2D eigenvalue weighted by atomic mass is 35.5. The van der Waals surface area contributed by atoms with Crippen molar-refractivity contribution in [2.45, 2.75) is 13.0 Å². The molecule has 1 atom stereocenters. The second-order valence-corrected chi connectivity index (χ2v) is 3.61. The fourth-order valence-electron chi connectivity index (χ4n) is 1.07. The van der Waals surface area contributed by atoms with E-state index in [2.05, 4.69) is 0 Å². The molecule has 2 nitrogen and oxygen atoms in total. The van der Waals surface area contributed by atoms with Gasteiger partial charge in [-0.05, 0) is 18.6 Å². The molecule has 0 unspecified atom stereocenters. The summed E-state index contributed by atoms with van der Waals surface area (Å²) < 4.78 is 0. The number of hydrogen-bond acceptors (Lipinski definition) is 2. The van der Waals surface area contributed by atoms with Crippen LogP contribution in [0.1, 0.15) is 17.2 Å². The van der Waals surface area contributed by atoms with E-state index in [1.807, 2.05) is 0 Å². The maximum absolute atomic E-state index is 9.47. The van der Waals surface area contributed by atoms with Gasteiger partial charge in [0.2, 0.25) is 0 Å². The van der Waals surface area contributed by atoms with Gasteiger partial charge in [0.05, 0.1) is 11.1 Å². The van der Waals surface area contributed by atoms with Crippen molar-refractivity contribution in [2.24, 2.45) is 5.73 Å². The summed E-state index contributed by atoms with van der Waals surface area (Å²) in [5, 5.41) is 10.6. The van der Waals surface area contributed by atoms with Gasteiger partial charge in [0.1, 0.15) is 0 Å². The maximum Gasteiger partial charge on any atom is 0.0926 e. The lowest BCUT2D eigenvalue weighted by molar-refractivity contribution is 0.187. The molecule has 0 saturated heterocycles. The molecular formula is C9H11Cl2NO. The lowest BCUT2D eigenvalue weighted by Crippen LogP contribution is -2.12. The first-order chi connectivity index (χ1) is 6.07. The minimum Gasteiger partial charge on any atom is -0.387 e. The third-order valence-corrected chi connectivity index (χ3v) is 2.84. The second-order valence-electron chi connectivity index (χ2n) is 2.83. The van der Waals surface area contributed by atoms with Crippen LogP contribution in [0.2, 0.25) is 10.0 Å². The van der Waals surface area contributed by atoms with E-state index in [0.717, 1.165) is 5.56 Å². The zero-order valence-electron chi connectivity index (χ0n) is 7.22. The van der Waals surface area contributed by atoms with Gasteiger partial charge in [-0.25, -0.2) is 0 Å². The predicted molar refractivity (Wildman–Crippen MR) is 55.2 cm³/mol. The van der Waals surface area contributed by atoms with Gasteiger partial charge in [0.25, 0.3) is 0 Å². The van der Waals surface area contributed by atoms with Gasteiger partial charge in [-0.3, -0.25) is 0 Å². The van der Waals surface area contributed by atoms with Crippen molar-refractivity contribution in [3.05, 3.63) is 33.3 Å². The van der Waals surface area contributed by atoms with E-state index in [4.69, 9.17) is 28.9 Å². The van der Waals surface area contributed by atoms with Gasteiger partial charge in [-0.15, -0.1) is 0 Å². The minimum absolute atomic E-state index is 0.154. The van der Waals surface area contributed by atoms with Crippen molar-refractivity contribution in [1.29, 1.82) is 0 Å². The molecule has 0 aliphatic carbocycles. The van der Waals surface area contributed by atoms with Gasteiger partial charge >= 0.3 is 0 Å². The average Bonchev–Trinajstić information content (AvgIpc) is 2.13. The number of rotatable bonds is 2. The normalized spacial score (nSPS) is 13.0. The highest BCUT2D eigenvalue weighted by Crippen LogP contribution is 2.30. The van der Waals surface area contributed by atoms with Gasteiger partial charge < -0.3 is 10.8 Å². The van der Waals surface area contributed by atoms with Crippen LogP contribution in [0.5, 0.6) is 0 Å². The zero-order chi connectivity index (χ0) is 10.0. The number of nitrogens with two attached hydrogens (primary N) is 1. The molecule has 1 aromatic carbocycles. The first-order valence-electron chi connectivity index (χ1n) is 3.90. The van der Waals surface area contributed by atoms with Crippen molar-refractivity contribution in [2.75, 3.05) is 6.54 Å². The number of halogens is 2. The molecule has 0 fully saturated rings. The molecule has 0 bridgehead atoms. The van der Waals surface area contributed by atoms with Gasteiger partial charge in [-0.1, -0.05) is 29.3 Å². The van der Waals surface area contributed by atoms with Crippen LogP contribution in [-0.4, -0.2) is 11.7 Å². The average molecular weight is 220 g/mol. The molecule has 72 valence electrons. The maximum atomic E-state index is 9.47. The van der Waals surface area contributed by atoms with Crippen LogP contribution >= 0.6 is 23.2 Å². The molecule has 1 aromatic rings. The predicted octanol–water partition coefficient (Wildman–Crippen LogP) is 2.29. The van der Waals surface area contributed by atoms with Crippen LogP contribution in [0.25, 0.3) is 0 Å². The van der Waals surface area contributed by atoms with Crippen LogP contribution in [0.4, 0.5) is 0 Å². The summed E-state index contributed by atoms with van der Waals surface area (Å²) in [7, 11) is 0. The van der Waals surface area contributed by atoms with E-state index in [1.54, 1.807) is 19.1 Å². The molecule has 13 heavy (non-hydrogen) atoms. The number of hydrogen-bond donors (Lipinski definition) is 2. The molecule has 0 heterocycles. The first-order valence-corrected chi connectivity index (χ1v) is 4.66. The van der Waals surface area contributed by atoms with E-state index >= 15 is 0 Å². The summed E-state index contributed by atoms with van der Waals surface area (Å²) in [6.45, 7) is 1.96. The Hall–Kier alpha value is -0.280. The van der Waals surface area contributed by atoms with Crippen molar-refractivity contribution < 1.29 is 5.11 Å². The zero-order valence-corrected chi connectivity index (χ0v) is 8.73. The molecule has 0 spiro atoms. The molecule has 1 rings (SSSR count). The van der Waals surface area contributed by atoms with Crippen LogP contribution in [-0.2, 0) is 0 Å². The van der Waals surface area contributed by atoms with E-state index in [0.29, 0.717) is 15.6 Å². The van der Waals surface area contributed by atoms with E-state index < -0.39 is 6.10 Å². The van der Waals surface area contributed by atoms with Crippen molar-refractivity contribution in [1.82, 2.24) is 0 Å². The molecule has 0 aromatic heterocycles. The molecule has 0 radical (unpaired) electrons. The fraction of sp³-hybridized carbons (Fsp3) is 0.333. The third-order valence-electron chi connectivity index (χ3n) is 1.93. The summed E-state index contributed by atoms with van der Waals surface area (Å²) >= 11 is 11.8. The van der Waals surface area contributed by atoms with Gasteiger partial charge in [0, 0.05) is 17.1 Å². The second kappa shape index (κ2) is 4.29. The van der Waals surface area contributed by atoms with Gasteiger partial charge in [0.15, 0.2) is 0 Å². The summed E-state index contributed by atoms with van der Waals surface area (Å²) in [4.78, 5) is 0. The van der Waals surface area contributed by atoms with Crippen molar-refractivity contribution >= 4 is 23.2 Å². The largest absolute Gasteiger partial charge is 0.387 e. The summed E-state index contributed by atoms with van der Waals surface area (Å²) in [6, 6.07) is 3.40. The molecule has 0 aliphatic rings. The standard InChI is InChI=1S/C9H11Cl2NO/c1-5-7(10)3-2-6(9(5)11)8(13)4-12/h2-3,8,13H,4,12H2,1H3/t8-/m0/s1. The Morgan fingerprint density at radius 3 is 2.62 bits per heavy atom. The molecule has 4 heteroatoms. The number of aliphatic hydroxyl groups is 1. The Bertz CT molecular complexity index is 315. The lowest BCUT2D eigenvalue weighted by Gasteiger charge is -2.12. The van der Waals surface area contributed by atoms with Gasteiger partial charge in [-0.2, -0.15) is 0 Å². The monoisotopic (exact) mass is 219 g/mol. The molecular weight excluding hydrogens is 209 g/mol. The number of benzene rings is 1. The number of aliphatic hydroxyl groups excluding tert-OH is 1. The van der Waals surface area contributed by atoms with Crippen molar-refractivity contribution in [3.63, 3.8) is 0 Å². The Labute approximate surface area is 87.3 Å². The SMILES string of the molecule is Cc1c(Cl)ccc([C@@H](O)CN)c1Cl. The molecule has 0 amide bonds. The van der Waals surface area contributed by atoms with Crippen LogP contribution in [0, 0.1) is 6.92 Å². The smallest absolute Gasteiger partial charge is 0.0926 e.